The molecule has 1 aromatic rings. The zero-order valence-corrected chi connectivity index (χ0v) is 13.4. The summed E-state index contributed by atoms with van der Waals surface area (Å²) in [6.07, 6.45) is 3.62. The highest BCUT2D eigenvalue weighted by Gasteiger charge is 2.38. The maximum absolute atomic E-state index is 12.4. The number of ether oxygens (including phenoxy) is 2. The molecule has 1 saturated heterocycles. The Morgan fingerprint density at radius 3 is 2.78 bits per heavy atom. The van der Waals surface area contributed by atoms with Crippen molar-refractivity contribution in [3.05, 3.63) is 23.8 Å². The molecule has 0 spiro atoms. The lowest BCUT2D eigenvalue weighted by Crippen LogP contribution is -2.38. The van der Waals surface area contributed by atoms with E-state index in [-0.39, 0.29) is 5.75 Å². The molecule has 3 unspecified atom stereocenters. The Labute approximate surface area is 135 Å². The minimum atomic E-state index is -2.85. The summed E-state index contributed by atoms with van der Waals surface area (Å²) in [5.74, 6) is 1.70. The van der Waals surface area contributed by atoms with Gasteiger partial charge in [0.2, 0.25) is 0 Å². The number of benzene rings is 1. The van der Waals surface area contributed by atoms with Gasteiger partial charge in [0, 0.05) is 25.7 Å². The van der Waals surface area contributed by atoms with Gasteiger partial charge in [0.1, 0.15) is 0 Å². The first-order valence-corrected chi connectivity index (χ1v) is 8.16. The topological polar surface area (TPSA) is 47.7 Å². The molecule has 6 heteroatoms. The van der Waals surface area contributed by atoms with Crippen LogP contribution in [0, 0.1) is 11.8 Å². The SMILES string of the molecule is COc1cc(CN2CC3CCCC(N)C3C2)ccc1OC(F)F. The third-order valence-corrected chi connectivity index (χ3v) is 5.08. The Kier molecular flexibility index (Phi) is 5.02. The summed E-state index contributed by atoms with van der Waals surface area (Å²) in [6.45, 7) is 0.0164. The third kappa shape index (κ3) is 3.75. The van der Waals surface area contributed by atoms with Crippen LogP contribution in [0.2, 0.25) is 0 Å². The van der Waals surface area contributed by atoms with Crippen LogP contribution >= 0.6 is 0 Å². The van der Waals surface area contributed by atoms with Crippen molar-refractivity contribution in [3.8, 4) is 11.5 Å². The summed E-state index contributed by atoms with van der Waals surface area (Å²) < 4.78 is 34.4. The highest BCUT2D eigenvalue weighted by atomic mass is 19.3. The number of nitrogens with zero attached hydrogens (tertiary/aromatic N) is 1. The Morgan fingerprint density at radius 1 is 1.26 bits per heavy atom. The molecule has 4 nitrogen and oxygen atoms in total. The molecule has 1 heterocycles. The molecule has 0 aromatic heterocycles. The molecule has 1 aliphatic heterocycles. The molecule has 0 amide bonds. The highest BCUT2D eigenvalue weighted by Crippen LogP contribution is 2.37. The predicted molar refractivity (Wildman–Crippen MR) is 83.7 cm³/mol. The summed E-state index contributed by atoms with van der Waals surface area (Å²) in [5.41, 5.74) is 7.29. The van der Waals surface area contributed by atoms with Gasteiger partial charge in [-0.2, -0.15) is 8.78 Å². The first-order valence-electron chi connectivity index (χ1n) is 8.16. The molecule has 1 saturated carbocycles. The molecule has 0 radical (unpaired) electrons. The van der Waals surface area contributed by atoms with Gasteiger partial charge in [0.15, 0.2) is 11.5 Å². The van der Waals surface area contributed by atoms with Crippen LogP contribution in [0.5, 0.6) is 11.5 Å². The average Bonchev–Trinajstić information content (AvgIpc) is 2.92. The van der Waals surface area contributed by atoms with Gasteiger partial charge in [0.05, 0.1) is 7.11 Å². The van der Waals surface area contributed by atoms with Crippen LogP contribution in [-0.2, 0) is 6.54 Å². The van der Waals surface area contributed by atoms with Gasteiger partial charge in [-0.25, -0.2) is 0 Å². The maximum atomic E-state index is 12.4. The highest BCUT2D eigenvalue weighted by molar-refractivity contribution is 5.43. The molecule has 3 atom stereocenters. The molecule has 2 fully saturated rings. The molecular formula is C17H24F2N2O2. The van der Waals surface area contributed by atoms with Crippen LogP contribution in [0.25, 0.3) is 0 Å². The van der Waals surface area contributed by atoms with Crippen molar-refractivity contribution >= 4 is 0 Å². The van der Waals surface area contributed by atoms with Crippen molar-refractivity contribution in [3.63, 3.8) is 0 Å². The number of hydrogen-bond acceptors (Lipinski definition) is 4. The monoisotopic (exact) mass is 326 g/mol. The minimum absolute atomic E-state index is 0.0726. The van der Waals surface area contributed by atoms with Gasteiger partial charge >= 0.3 is 6.61 Å². The number of hydrogen-bond donors (Lipinski definition) is 1. The number of methoxy groups -OCH3 is 1. The summed E-state index contributed by atoms with van der Waals surface area (Å²) in [6, 6.07) is 5.46. The van der Waals surface area contributed by atoms with Crippen molar-refractivity contribution < 1.29 is 18.3 Å². The molecule has 0 bridgehead atoms. The van der Waals surface area contributed by atoms with Gasteiger partial charge in [-0.1, -0.05) is 12.5 Å². The van der Waals surface area contributed by atoms with Crippen molar-refractivity contribution in [1.29, 1.82) is 0 Å². The number of rotatable bonds is 5. The van der Waals surface area contributed by atoms with E-state index in [2.05, 4.69) is 9.64 Å². The Hall–Kier alpha value is -1.40. The van der Waals surface area contributed by atoms with E-state index >= 15 is 0 Å². The Balaban J connectivity index is 1.66. The second-order valence-electron chi connectivity index (χ2n) is 6.58. The van der Waals surface area contributed by atoms with Crippen LogP contribution in [0.15, 0.2) is 18.2 Å². The van der Waals surface area contributed by atoms with Crippen LogP contribution < -0.4 is 15.2 Å². The zero-order valence-electron chi connectivity index (χ0n) is 13.4. The lowest BCUT2D eigenvalue weighted by atomic mass is 9.78. The Morgan fingerprint density at radius 2 is 2.09 bits per heavy atom. The van der Waals surface area contributed by atoms with E-state index in [1.807, 2.05) is 6.07 Å². The maximum Gasteiger partial charge on any atom is 0.387 e. The molecular weight excluding hydrogens is 302 g/mol. The molecule has 23 heavy (non-hydrogen) atoms. The van der Waals surface area contributed by atoms with Crippen molar-refractivity contribution in [1.82, 2.24) is 4.90 Å². The molecule has 3 rings (SSSR count). The summed E-state index contributed by atoms with van der Waals surface area (Å²) in [4.78, 5) is 2.41. The second kappa shape index (κ2) is 7.01. The van der Waals surface area contributed by atoms with Gasteiger partial charge in [0.25, 0.3) is 0 Å². The minimum Gasteiger partial charge on any atom is -0.493 e. The largest absolute Gasteiger partial charge is 0.493 e. The van der Waals surface area contributed by atoms with Gasteiger partial charge < -0.3 is 15.2 Å². The zero-order chi connectivity index (χ0) is 16.4. The first kappa shape index (κ1) is 16.5. The van der Waals surface area contributed by atoms with E-state index < -0.39 is 6.61 Å². The fourth-order valence-electron chi connectivity index (χ4n) is 4.00. The average molecular weight is 326 g/mol. The first-order chi connectivity index (χ1) is 11.1. The van der Waals surface area contributed by atoms with Crippen LogP contribution in [0.1, 0.15) is 24.8 Å². The smallest absolute Gasteiger partial charge is 0.387 e. The van der Waals surface area contributed by atoms with E-state index in [1.54, 1.807) is 12.1 Å². The number of halogens is 2. The molecule has 1 aliphatic carbocycles. The fourth-order valence-corrected chi connectivity index (χ4v) is 4.00. The second-order valence-corrected chi connectivity index (χ2v) is 6.58. The standard InChI is InChI=1S/C17H24F2N2O2/c1-22-16-7-11(5-6-15(16)23-17(18)19)8-21-9-12-3-2-4-14(20)13(12)10-21/h5-7,12-14,17H,2-4,8-10,20H2,1H3. The van der Waals surface area contributed by atoms with Crippen LogP contribution in [-0.4, -0.2) is 37.8 Å². The molecule has 1 aromatic carbocycles. The number of fused-ring (bicyclic) bond motifs is 1. The van der Waals surface area contributed by atoms with Crippen LogP contribution in [0.4, 0.5) is 8.78 Å². The Bertz CT molecular complexity index is 541. The number of likely N-dealkylation sites (tertiary alicyclic amines) is 1. The van der Waals surface area contributed by atoms with Crippen molar-refractivity contribution in [2.45, 2.75) is 38.5 Å². The van der Waals surface area contributed by atoms with Gasteiger partial charge in [-0.15, -0.1) is 0 Å². The van der Waals surface area contributed by atoms with Crippen LogP contribution in [0.3, 0.4) is 0 Å². The quantitative estimate of drug-likeness (QED) is 0.904. The van der Waals surface area contributed by atoms with Crippen molar-refractivity contribution in [2.75, 3.05) is 20.2 Å². The third-order valence-electron chi connectivity index (χ3n) is 5.08. The molecule has 2 aliphatic rings. The lowest BCUT2D eigenvalue weighted by molar-refractivity contribution is -0.0512. The van der Waals surface area contributed by atoms with E-state index in [4.69, 9.17) is 10.5 Å². The van der Waals surface area contributed by atoms with Gasteiger partial charge in [-0.3, -0.25) is 4.90 Å². The lowest BCUT2D eigenvalue weighted by Gasteiger charge is -2.29. The van der Waals surface area contributed by atoms with Crippen molar-refractivity contribution in [2.24, 2.45) is 17.6 Å². The molecule has 128 valence electrons. The summed E-state index contributed by atoms with van der Waals surface area (Å²) in [5, 5.41) is 0. The summed E-state index contributed by atoms with van der Waals surface area (Å²) in [7, 11) is 1.46. The van der Waals surface area contributed by atoms with E-state index in [0.29, 0.717) is 23.6 Å². The normalized spacial score (nSPS) is 28.0. The summed E-state index contributed by atoms with van der Waals surface area (Å²) >= 11 is 0. The number of nitrogens with two attached hydrogens (primary N) is 1. The van der Waals surface area contributed by atoms with E-state index in [1.165, 1.54) is 20.0 Å². The number of alkyl halides is 2. The predicted octanol–water partition coefficient (Wildman–Crippen LogP) is 2.86. The van der Waals surface area contributed by atoms with E-state index in [9.17, 15) is 8.78 Å². The fraction of sp³-hybridized carbons (Fsp3) is 0.647. The van der Waals surface area contributed by atoms with Gasteiger partial charge in [-0.05, 0) is 42.4 Å². The van der Waals surface area contributed by atoms with E-state index in [0.717, 1.165) is 31.6 Å². The molecule has 2 N–H and O–H groups in total.